The van der Waals surface area contributed by atoms with Crippen LogP contribution >= 0.6 is 23.2 Å². The van der Waals surface area contributed by atoms with Gasteiger partial charge in [0.25, 0.3) is 5.91 Å². The minimum absolute atomic E-state index is 0.0533. The van der Waals surface area contributed by atoms with Crippen LogP contribution in [0, 0.1) is 5.82 Å². The summed E-state index contributed by atoms with van der Waals surface area (Å²) in [6.45, 7) is 6.51. The van der Waals surface area contributed by atoms with Gasteiger partial charge in [-0.1, -0.05) is 35.3 Å². The summed E-state index contributed by atoms with van der Waals surface area (Å²) in [7, 11) is 0. The smallest absolute Gasteiger partial charge is 0.410 e. The molecule has 2 aliphatic rings. The lowest BCUT2D eigenvalue weighted by atomic mass is 9.97. The molecule has 12 heteroatoms. The second-order valence-electron chi connectivity index (χ2n) is 11.4. The molecule has 0 aliphatic carbocycles. The molecule has 2 aromatic carbocycles. The Morgan fingerprint density at radius 2 is 1.79 bits per heavy atom. The van der Waals surface area contributed by atoms with E-state index in [0.717, 1.165) is 0 Å². The number of nitrogens with zero attached hydrogens (tertiary/aromatic N) is 4. The van der Waals surface area contributed by atoms with E-state index in [1.807, 2.05) is 6.08 Å². The normalized spacial score (nSPS) is 17.3. The molecule has 0 atom stereocenters. The summed E-state index contributed by atoms with van der Waals surface area (Å²) in [5.74, 6) is -0.835. The highest BCUT2D eigenvalue weighted by Crippen LogP contribution is 2.36. The van der Waals surface area contributed by atoms with Crippen LogP contribution in [-0.4, -0.2) is 68.1 Å². The second-order valence-corrected chi connectivity index (χ2v) is 12.2. The van der Waals surface area contributed by atoms with Gasteiger partial charge in [0, 0.05) is 23.7 Å². The molecule has 0 spiro atoms. The fraction of sp³-hybridized carbons (Fsp3) is 0.367. The fourth-order valence-electron chi connectivity index (χ4n) is 4.97. The number of aromatic nitrogens is 2. The van der Waals surface area contributed by atoms with E-state index in [4.69, 9.17) is 33.0 Å². The third-order valence-corrected chi connectivity index (χ3v) is 7.48. The number of hydrogen-bond donors (Lipinski definition) is 2. The van der Waals surface area contributed by atoms with Crippen molar-refractivity contribution in [3.63, 3.8) is 0 Å². The molecule has 0 unspecified atom stereocenters. The third-order valence-electron chi connectivity index (χ3n) is 6.94. The molecule has 9 nitrogen and oxygen atoms in total. The number of halogens is 3. The number of rotatable bonds is 4. The standard InChI is InChI=1S/C30H32Cl2FN5O4/c1-30(2,3)42-29(41)36-16-19(14-18-4-7-21(33)8-5-18)27-23(17-36)26(28(40)35-37-12-10-22(39)11-13-37)34-38(27)25-9-6-20(31)15-24(25)32/h4-9,14-15,22,39H,10-13,16-17H2,1-3H3,(H,35,40). The molecule has 2 aliphatic heterocycles. The lowest BCUT2D eigenvalue weighted by molar-refractivity contribution is 0.0253. The van der Waals surface area contributed by atoms with Crippen LogP contribution < -0.4 is 5.43 Å². The quantitative estimate of drug-likeness (QED) is 0.390. The van der Waals surface area contributed by atoms with E-state index in [1.54, 1.807) is 60.8 Å². The Kier molecular flexibility index (Phi) is 8.61. The van der Waals surface area contributed by atoms with E-state index in [-0.39, 0.29) is 24.6 Å². The third kappa shape index (κ3) is 6.78. The van der Waals surface area contributed by atoms with Gasteiger partial charge in [0.2, 0.25) is 0 Å². The van der Waals surface area contributed by atoms with Crippen LogP contribution in [0.4, 0.5) is 9.18 Å². The summed E-state index contributed by atoms with van der Waals surface area (Å²) in [6, 6.07) is 10.9. The van der Waals surface area contributed by atoms with E-state index in [2.05, 4.69) is 5.43 Å². The molecule has 222 valence electrons. The number of ether oxygens (including phenoxy) is 1. The molecule has 3 heterocycles. The van der Waals surface area contributed by atoms with E-state index >= 15 is 0 Å². The first kappa shape index (κ1) is 30.0. The monoisotopic (exact) mass is 615 g/mol. The average Bonchev–Trinajstić information content (AvgIpc) is 3.30. The summed E-state index contributed by atoms with van der Waals surface area (Å²) in [6.07, 6.45) is 1.93. The van der Waals surface area contributed by atoms with Crippen molar-refractivity contribution in [3.8, 4) is 5.69 Å². The van der Waals surface area contributed by atoms with Gasteiger partial charge in [-0.25, -0.2) is 18.9 Å². The van der Waals surface area contributed by atoms with Gasteiger partial charge < -0.3 is 9.84 Å². The van der Waals surface area contributed by atoms with Crippen molar-refractivity contribution in [1.29, 1.82) is 0 Å². The maximum Gasteiger partial charge on any atom is 0.410 e. The van der Waals surface area contributed by atoms with E-state index in [0.29, 0.717) is 64.1 Å². The highest BCUT2D eigenvalue weighted by atomic mass is 35.5. The number of aliphatic hydroxyl groups is 1. The van der Waals surface area contributed by atoms with Gasteiger partial charge in [-0.15, -0.1) is 0 Å². The van der Waals surface area contributed by atoms with Crippen LogP contribution in [0.15, 0.2) is 42.5 Å². The number of piperidine rings is 1. The minimum Gasteiger partial charge on any atom is -0.444 e. The van der Waals surface area contributed by atoms with Crippen LogP contribution in [0.1, 0.15) is 60.9 Å². The topological polar surface area (TPSA) is 99.9 Å². The molecule has 0 radical (unpaired) electrons. The first-order chi connectivity index (χ1) is 19.9. The van der Waals surface area contributed by atoms with Gasteiger partial charge in [0.15, 0.2) is 5.69 Å². The van der Waals surface area contributed by atoms with Crippen molar-refractivity contribution in [2.24, 2.45) is 0 Å². The number of hydrazine groups is 1. The Labute approximate surface area is 253 Å². The average molecular weight is 617 g/mol. The predicted octanol–water partition coefficient (Wildman–Crippen LogP) is 5.71. The zero-order chi connectivity index (χ0) is 30.2. The summed E-state index contributed by atoms with van der Waals surface area (Å²) >= 11 is 12.8. The largest absolute Gasteiger partial charge is 0.444 e. The minimum atomic E-state index is -0.738. The van der Waals surface area contributed by atoms with Crippen molar-refractivity contribution in [3.05, 3.63) is 80.8 Å². The van der Waals surface area contributed by atoms with Crippen molar-refractivity contribution in [2.75, 3.05) is 19.6 Å². The van der Waals surface area contributed by atoms with Crippen LogP contribution in [-0.2, 0) is 11.3 Å². The Hall–Kier alpha value is -3.44. The van der Waals surface area contributed by atoms with E-state index in [9.17, 15) is 19.1 Å². The highest BCUT2D eigenvalue weighted by Gasteiger charge is 2.36. The molecule has 5 rings (SSSR count). The first-order valence-corrected chi connectivity index (χ1v) is 14.4. The number of benzene rings is 2. The molecule has 0 bridgehead atoms. The van der Waals surface area contributed by atoms with Gasteiger partial charge in [0.05, 0.1) is 35.6 Å². The van der Waals surface area contributed by atoms with Crippen molar-refractivity contribution < 1.29 is 23.8 Å². The Bertz CT molecular complexity index is 1530. The molecule has 2 N–H and O–H groups in total. The molecule has 0 saturated carbocycles. The number of carbonyl (C=O) groups excluding carboxylic acids is 2. The zero-order valence-corrected chi connectivity index (χ0v) is 25.0. The van der Waals surface area contributed by atoms with Gasteiger partial charge in [-0.3, -0.25) is 15.1 Å². The Morgan fingerprint density at radius 3 is 2.43 bits per heavy atom. The number of fused-ring (bicyclic) bond motifs is 1. The SMILES string of the molecule is CC(C)(C)OC(=O)N1CC(=Cc2ccc(F)cc2)c2c(c(C(=O)NN3CCC(O)CC3)nn2-c2ccc(Cl)cc2Cl)C1. The fourth-order valence-corrected chi connectivity index (χ4v) is 5.46. The summed E-state index contributed by atoms with van der Waals surface area (Å²) in [4.78, 5) is 28.5. The van der Waals surface area contributed by atoms with Crippen LogP contribution in [0.5, 0.6) is 0 Å². The van der Waals surface area contributed by atoms with Gasteiger partial charge >= 0.3 is 6.09 Å². The molecular formula is C30H32Cl2FN5O4. The molecule has 3 aromatic rings. The number of amides is 2. The number of aliphatic hydroxyl groups excluding tert-OH is 1. The number of nitrogens with one attached hydrogen (secondary N) is 1. The van der Waals surface area contributed by atoms with Crippen LogP contribution in [0.25, 0.3) is 17.3 Å². The molecule has 1 saturated heterocycles. The second kappa shape index (κ2) is 12.0. The summed E-state index contributed by atoms with van der Waals surface area (Å²) in [5.41, 5.74) is 5.20. The van der Waals surface area contributed by atoms with Crippen molar-refractivity contribution >= 4 is 46.9 Å². The summed E-state index contributed by atoms with van der Waals surface area (Å²) in [5, 5.41) is 17.1. The molecular weight excluding hydrogens is 584 g/mol. The van der Waals surface area contributed by atoms with Crippen molar-refractivity contribution in [2.45, 2.75) is 51.9 Å². The molecule has 1 fully saturated rings. The molecule has 2 amide bonds. The molecule has 42 heavy (non-hydrogen) atoms. The Balaban J connectivity index is 1.65. The number of hydrogen-bond acceptors (Lipinski definition) is 6. The molecule has 1 aromatic heterocycles. The highest BCUT2D eigenvalue weighted by molar-refractivity contribution is 6.35. The van der Waals surface area contributed by atoms with E-state index in [1.165, 1.54) is 17.0 Å². The Morgan fingerprint density at radius 1 is 1.10 bits per heavy atom. The van der Waals surface area contributed by atoms with Crippen molar-refractivity contribution in [1.82, 2.24) is 25.1 Å². The first-order valence-electron chi connectivity index (χ1n) is 13.6. The number of carbonyl (C=O) groups is 2. The van der Waals surface area contributed by atoms with Gasteiger partial charge in [-0.2, -0.15) is 5.10 Å². The maximum atomic E-state index is 13.7. The summed E-state index contributed by atoms with van der Waals surface area (Å²) < 4.78 is 21.0. The van der Waals surface area contributed by atoms with Crippen LogP contribution in [0.3, 0.4) is 0 Å². The lowest BCUT2D eigenvalue weighted by Gasteiger charge is -2.32. The maximum absolute atomic E-state index is 13.7. The van der Waals surface area contributed by atoms with E-state index < -0.39 is 23.7 Å². The van der Waals surface area contributed by atoms with Crippen LogP contribution in [0.2, 0.25) is 10.0 Å². The van der Waals surface area contributed by atoms with Gasteiger partial charge in [0.1, 0.15) is 11.4 Å². The van der Waals surface area contributed by atoms with Gasteiger partial charge in [-0.05, 0) is 81.2 Å². The predicted molar refractivity (Wildman–Crippen MR) is 159 cm³/mol. The lowest BCUT2D eigenvalue weighted by Crippen LogP contribution is -2.48. The zero-order valence-electron chi connectivity index (χ0n) is 23.5.